The Labute approximate surface area is 173 Å². The molecule has 0 atom stereocenters. The fraction of sp³-hybridized carbons (Fsp3) is 0.0800. The van der Waals surface area contributed by atoms with Gasteiger partial charge in [0.25, 0.3) is 5.56 Å². The highest BCUT2D eigenvalue weighted by atomic mass is 16.4. The van der Waals surface area contributed by atoms with Crippen molar-refractivity contribution >= 4 is 22.9 Å². The van der Waals surface area contributed by atoms with Crippen molar-refractivity contribution in [2.75, 3.05) is 0 Å². The van der Waals surface area contributed by atoms with Gasteiger partial charge in [-0.15, -0.1) is 0 Å². The van der Waals surface area contributed by atoms with Gasteiger partial charge < -0.3 is 10.1 Å². The number of hydrogen-bond donors (Lipinski definition) is 2. The molecule has 1 aromatic heterocycles. The lowest BCUT2D eigenvalue weighted by molar-refractivity contribution is 0.0699. The number of aromatic nitrogens is 2. The molecule has 0 aliphatic heterocycles. The molecule has 0 unspecified atom stereocenters. The summed E-state index contributed by atoms with van der Waals surface area (Å²) in [5.74, 6) is -0.737. The van der Waals surface area contributed by atoms with Gasteiger partial charge in [-0.25, -0.2) is 9.78 Å². The molecule has 0 aliphatic carbocycles. The fourth-order valence-corrected chi connectivity index (χ4v) is 3.37. The normalized spacial score (nSPS) is 11.2. The topological polar surface area (TPSA) is 83.0 Å². The number of hydrogen-bond acceptors (Lipinski definition) is 3. The highest BCUT2D eigenvalue weighted by Crippen LogP contribution is 2.19. The molecular formula is C25H20N2O3. The lowest BCUT2D eigenvalue weighted by Gasteiger charge is -2.05. The van der Waals surface area contributed by atoms with Gasteiger partial charge in [0.2, 0.25) is 0 Å². The predicted octanol–water partition coefficient (Wildman–Crippen LogP) is 4.93. The van der Waals surface area contributed by atoms with E-state index in [1.807, 2.05) is 42.5 Å². The van der Waals surface area contributed by atoms with Crippen LogP contribution >= 0.6 is 0 Å². The summed E-state index contributed by atoms with van der Waals surface area (Å²) in [5, 5.41) is 9.38. The fourth-order valence-electron chi connectivity index (χ4n) is 3.37. The first kappa shape index (κ1) is 19.3. The van der Waals surface area contributed by atoms with Gasteiger partial charge in [0, 0.05) is 5.56 Å². The second-order valence-corrected chi connectivity index (χ2v) is 6.97. The molecule has 148 valence electrons. The lowest BCUT2D eigenvalue weighted by Crippen LogP contribution is -2.13. The van der Waals surface area contributed by atoms with Crippen molar-refractivity contribution < 1.29 is 9.90 Å². The maximum Gasteiger partial charge on any atom is 0.336 e. The Balaban J connectivity index is 1.52. The maximum absolute atomic E-state index is 12.5. The second-order valence-electron chi connectivity index (χ2n) is 6.97. The molecule has 4 aromatic rings. The Morgan fingerprint density at radius 1 is 0.967 bits per heavy atom. The minimum atomic E-state index is -1.15. The van der Waals surface area contributed by atoms with E-state index in [2.05, 4.69) is 34.3 Å². The van der Waals surface area contributed by atoms with Gasteiger partial charge in [0.05, 0.1) is 16.5 Å². The smallest absolute Gasteiger partial charge is 0.336 e. The number of fused-ring (bicyclic) bond motifs is 1. The first-order valence-electron chi connectivity index (χ1n) is 9.69. The van der Waals surface area contributed by atoms with Crippen LogP contribution in [-0.2, 0) is 6.42 Å². The zero-order valence-electron chi connectivity index (χ0n) is 16.2. The van der Waals surface area contributed by atoms with Crippen LogP contribution in [0.1, 0.15) is 27.9 Å². The van der Waals surface area contributed by atoms with Crippen LogP contribution in [0.3, 0.4) is 0 Å². The SMILES string of the molecule is O=C(O)c1cccc2nc(-c3ccc(/C=C/CCc4ccccc4)cc3)[nH]c(=O)c12. The average Bonchev–Trinajstić information content (AvgIpc) is 2.77. The third-order valence-corrected chi connectivity index (χ3v) is 4.90. The molecule has 4 rings (SSSR count). The first-order valence-corrected chi connectivity index (χ1v) is 9.69. The average molecular weight is 396 g/mol. The Morgan fingerprint density at radius 3 is 2.47 bits per heavy atom. The molecule has 0 bridgehead atoms. The molecule has 0 saturated carbocycles. The van der Waals surface area contributed by atoms with Crippen molar-refractivity contribution in [2.45, 2.75) is 12.8 Å². The van der Waals surface area contributed by atoms with Crippen molar-refractivity contribution in [1.82, 2.24) is 9.97 Å². The molecule has 0 aliphatic rings. The molecule has 0 saturated heterocycles. The molecule has 5 heteroatoms. The summed E-state index contributed by atoms with van der Waals surface area (Å²) in [5.41, 5.74) is 2.98. The van der Waals surface area contributed by atoms with Gasteiger partial charge >= 0.3 is 5.97 Å². The number of aromatic amines is 1. The third kappa shape index (κ3) is 4.20. The number of aromatic carboxylic acids is 1. The van der Waals surface area contributed by atoms with Crippen LogP contribution in [0.5, 0.6) is 0 Å². The second kappa shape index (κ2) is 8.57. The van der Waals surface area contributed by atoms with Crippen LogP contribution in [0.25, 0.3) is 28.4 Å². The predicted molar refractivity (Wildman–Crippen MR) is 119 cm³/mol. The summed E-state index contributed by atoms with van der Waals surface area (Å²) in [6.45, 7) is 0. The molecule has 30 heavy (non-hydrogen) atoms. The van der Waals surface area contributed by atoms with Crippen molar-refractivity contribution in [2.24, 2.45) is 0 Å². The first-order chi connectivity index (χ1) is 14.6. The molecule has 0 amide bonds. The number of benzene rings is 3. The van der Waals surface area contributed by atoms with Gasteiger partial charge in [-0.3, -0.25) is 4.79 Å². The van der Waals surface area contributed by atoms with Crippen LogP contribution in [0.15, 0.2) is 83.7 Å². The van der Waals surface area contributed by atoms with E-state index in [1.165, 1.54) is 11.6 Å². The zero-order valence-corrected chi connectivity index (χ0v) is 16.2. The number of nitrogens with one attached hydrogen (secondary N) is 1. The largest absolute Gasteiger partial charge is 0.478 e. The van der Waals surface area contributed by atoms with E-state index in [1.54, 1.807) is 12.1 Å². The van der Waals surface area contributed by atoms with Crippen LogP contribution in [-0.4, -0.2) is 21.0 Å². The summed E-state index contributed by atoms with van der Waals surface area (Å²) in [7, 11) is 0. The Bertz CT molecular complexity index is 1270. The number of carboxylic acid groups (broad SMARTS) is 1. The van der Waals surface area contributed by atoms with Crippen molar-refractivity contribution in [3.8, 4) is 11.4 Å². The molecule has 3 aromatic carbocycles. The number of carboxylic acids is 1. The molecule has 0 spiro atoms. The number of aryl methyl sites for hydroxylation is 1. The van der Waals surface area contributed by atoms with Crippen molar-refractivity contribution in [3.63, 3.8) is 0 Å². The Morgan fingerprint density at radius 2 is 1.73 bits per heavy atom. The Kier molecular flexibility index (Phi) is 5.52. The number of allylic oxidation sites excluding steroid dienone is 1. The number of nitrogens with zero attached hydrogens (tertiary/aromatic N) is 1. The summed E-state index contributed by atoms with van der Waals surface area (Å²) in [4.78, 5) is 31.0. The van der Waals surface area contributed by atoms with E-state index in [-0.39, 0.29) is 10.9 Å². The van der Waals surface area contributed by atoms with Crippen molar-refractivity contribution in [3.05, 3.63) is 106 Å². The summed E-state index contributed by atoms with van der Waals surface area (Å²) >= 11 is 0. The van der Waals surface area contributed by atoms with Crippen molar-refractivity contribution in [1.29, 1.82) is 0 Å². The molecular weight excluding hydrogens is 376 g/mol. The van der Waals surface area contributed by atoms with E-state index in [0.29, 0.717) is 11.3 Å². The quantitative estimate of drug-likeness (QED) is 0.484. The van der Waals surface area contributed by atoms with E-state index in [0.717, 1.165) is 24.0 Å². The summed E-state index contributed by atoms with van der Waals surface area (Å²) < 4.78 is 0. The summed E-state index contributed by atoms with van der Waals surface area (Å²) in [6, 6.07) is 22.7. The van der Waals surface area contributed by atoms with Gasteiger partial charge in [0.15, 0.2) is 0 Å². The third-order valence-electron chi connectivity index (χ3n) is 4.90. The van der Waals surface area contributed by atoms with Crippen LogP contribution in [0, 0.1) is 0 Å². The number of rotatable bonds is 6. The van der Waals surface area contributed by atoms with E-state index < -0.39 is 11.5 Å². The monoisotopic (exact) mass is 396 g/mol. The Hall–Kier alpha value is -3.99. The van der Waals surface area contributed by atoms with Crippen LogP contribution < -0.4 is 5.56 Å². The zero-order chi connectivity index (χ0) is 20.9. The van der Waals surface area contributed by atoms with Gasteiger partial charge in [0.1, 0.15) is 5.82 Å². The molecule has 2 N–H and O–H groups in total. The molecule has 1 heterocycles. The minimum absolute atomic E-state index is 0.0520. The van der Waals surface area contributed by atoms with Gasteiger partial charge in [-0.1, -0.05) is 72.8 Å². The van der Waals surface area contributed by atoms with Gasteiger partial charge in [-0.05, 0) is 36.1 Å². The van der Waals surface area contributed by atoms with Crippen LogP contribution in [0.2, 0.25) is 0 Å². The van der Waals surface area contributed by atoms with Crippen LogP contribution in [0.4, 0.5) is 0 Å². The number of H-pyrrole nitrogens is 1. The molecule has 0 fully saturated rings. The van der Waals surface area contributed by atoms with E-state index >= 15 is 0 Å². The molecule has 0 radical (unpaired) electrons. The van der Waals surface area contributed by atoms with Gasteiger partial charge in [-0.2, -0.15) is 0 Å². The summed E-state index contributed by atoms with van der Waals surface area (Å²) in [6.07, 6.45) is 6.17. The van der Waals surface area contributed by atoms with E-state index in [9.17, 15) is 14.7 Å². The standard InChI is InChI=1S/C25H20N2O3/c28-24-22-20(25(29)30)11-6-12-21(22)26-23(27-24)19-15-13-18(14-16-19)10-5-4-9-17-7-2-1-3-8-17/h1-3,5-8,10-16H,4,9H2,(H,29,30)(H,26,27,28)/b10-5+. The highest BCUT2D eigenvalue weighted by molar-refractivity contribution is 6.02. The minimum Gasteiger partial charge on any atom is -0.478 e. The van der Waals surface area contributed by atoms with E-state index in [4.69, 9.17) is 0 Å². The molecule has 5 nitrogen and oxygen atoms in total. The maximum atomic E-state index is 12.5. The number of carbonyl (C=O) groups is 1. The lowest BCUT2D eigenvalue weighted by atomic mass is 10.1. The highest BCUT2D eigenvalue weighted by Gasteiger charge is 2.14.